The third kappa shape index (κ3) is 5.31. The Bertz CT molecular complexity index is 989. The van der Waals surface area contributed by atoms with E-state index in [2.05, 4.69) is 15.7 Å². The summed E-state index contributed by atoms with van der Waals surface area (Å²) in [6.07, 6.45) is 1.08. The minimum Gasteiger partial charge on any atom is -0.336 e. The average Bonchev–Trinajstić information content (AvgIpc) is 2.67. The summed E-state index contributed by atoms with van der Waals surface area (Å²) in [6.45, 7) is 3.51. The zero-order valence-corrected chi connectivity index (χ0v) is 16.4. The first-order valence-electron chi connectivity index (χ1n) is 8.92. The molecule has 8 heteroatoms. The van der Waals surface area contributed by atoms with Crippen LogP contribution in [-0.2, 0) is 16.6 Å². The fourth-order valence-corrected chi connectivity index (χ4v) is 3.72. The van der Waals surface area contributed by atoms with Crippen molar-refractivity contribution in [2.75, 3.05) is 37.2 Å². The highest BCUT2D eigenvalue weighted by Gasteiger charge is 2.22. The van der Waals surface area contributed by atoms with E-state index in [1.165, 1.54) is 0 Å². The van der Waals surface area contributed by atoms with E-state index in [4.69, 9.17) is 5.26 Å². The van der Waals surface area contributed by atoms with Crippen molar-refractivity contribution in [2.45, 2.75) is 6.54 Å². The molecule has 28 heavy (non-hydrogen) atoms. The second-order valence-electron chi connectivity index (χ2n) is 6.83. The first-order chi connectivity index (χ1) is 13.3. The molecular weight excluding hydrogens is 376 g/mol. The topological polar surface area (TPSA) is 93.5 Å². The lowest BCUT2D eigenvalue weighted by Crippen LogP contribution is -2.48. The third-order valence-electron chi connectivity index (χ3n) is 4.56. The molecule has 0 atom stereocenters. The second-order valence-corrected chi connectivity index (χ2v) is 8.58. The van der Waals surface area contributed by atoms with Gasteiger partial charge < -0.3 is 4.90 Å². The van der Waals surface area contributed by atoms with E-state index >= 15 is 0 Å². The molecule has 1 amide bonds. The van der Waals surface area contributed by atoms with Crippen LogP contribution >= 0.6 is 0 Å². The number of carbonyl (C=O) groups excluding carboxylic acids is 1. The molecule has 1 aliphatic rings. The van der Waals surface area contributed by atoms with Crippen LogP contribution in [0.5, 0.6) is 0 Å². The molecular formula is C20H22N4O3S. The van der Waals surface area contributed by atoms with E-state index in [9.17, 15) is 13.2 Å². The summed E-state index contributed by atoms with van der Waals surface area (Å²) in [6, 6.07) is 16.2. The molecule has 1 saturated heterocycles. The average molecular weight is 398 g/mol. The van der Waals surface area contributed by atoms with Crippen molar-refractivity contribution in [1.29, 1.82) is 5.26 Å². The minimum atomic E-state index is -3.39. The standard InChI is InChI=1S/C20H22N4O3S/c1-28(26,27)22-19-4-2-3-18(13-19)20(25)24-11-9-23(10-12-24)15-17-7-5-16(14-21)6-8-17/h2-8,13,22H,9-12,15H2,1H3. The van der Waals surface area contributed by atoms with Crippen LogP contribution < -0.4 is 4.72 Å². The molecule has 0 aliphatic carbocycles. The molecule has 2 aromatic rings. The van der Waals surface area contributed by atoms with Crippen LogP contribution in [0.25, 0.3) is 0 Å². The van der Waals surface area contributed by atoms with Crippen LogP contribution in [0.1, 0.15) is 21.5 Å². The van der Waals surface area contributed by atoms with Gasteiger partial charge in [0, 0.05) is 44.0 Å². The smallest absolute Gasteiger partial charge is 0.254 e. The van der Waals surface area contributed by atoms with Crippen LogP contribution in [0, 0.1) is 11.3 Å². The number of amides is 1. The zero-order chi connectivity index (χ0) is 20.1. The highest BCUT2D eigenvalue weighted by atomic mass is 32.2. The Morgan fingerprint density at radius 2 is 1.79 bits per heavy atom. The van der Waals surface area contributed by atoms with Crippen molar-refractivity contribution in [2.24, 2.45) is 0 Å². The first-order valence-corrected chi connectivity index (χ1v) is 10.8. The van der Waals surface area contributed by atoms with Gasteiger partial charge >= 0.3 is 0 Å². The largest absolute Gasteiger partial charge is 0.336 e. The van der Waals surface area contributed by atoms with Gasteiger partial charge in [-0.2, -0.15) is 5.26 Å². The summed E-state index contributed by atoms with van der Waals surface area (Å²) in [7, 11) is -3.39. The van der Waals surface area contributed by atoms with Crippen LogP contribution in [0.2, 0.25) is 0 Å². The number of nitrogens with zero attached hydrogens (tertiary/aromatic N) is 3. The number of nitrogens with one attached hydrogen (secondary N) is 1. The van der Waals surface area contributed by atoms with Crippen molar-refractivity contribution in [1.82, 2.24) is 9.80 Å². The molecule has 0 spiro atoms. The van der Waals surface area contributed by atoms with Crippen LogP contribution in [0.15, 0.2) is 48.5 Å². The molecule has 1 fully saturated rings. The van der Waals surface area contributed by atoms with Crippen molar-refractivity contribution < 1.29 is 13.2 Å². The summed E-state index contributed by atoms with van der Waals surface area (Å²) in [5, 5.41) is 8.87. The van der Waals surface area contributed by atoms with Gasteiger partial charge in [-0.05, 0) is 35.9 Å². The Kier molecular flexibility index (Phi) is 5.97. The number of hydrogen-bond acceptors (Lipinski definition) is 5. The van der Waals surface area contributed by atoms with E-state index in [1.807, 2.05) is 24.3 Å². The normalized spacial score (nSPS) is 15.1. The summed E-state index contributed by atoms with van der Waals surface area (Å²) in [5.41, 5.74) is 2.63. The molecule has 0 unspecified atom stereocenters. The van der Waals surface area contributed by atoms with Gasteiger partial charge in [-0.15, -0.1) is 0 Å². The van der Waals surface area contributed by atoms with Gasteiger partial charge in [-0.25, -0.2) is 8.42 Å². The second kappa shape index (κ2) is 8.42. The van der Waals surface area contributed by atoms with E-state index in [0.717, 1.165) is 31.5 Å². The lowest BCUT2D eigenvalue weighted by atomic mass is 10.1. The molecule has 1 N–H and O–H groups in total. The van der Waals surface area contributed by atoms with Crippen molar-refractivity contribution in [3.63, 3.8) is 0 Å². The number of hydrogen-bond donors (Lipinski definition) is 1. The van der Waals surface area contributed by atoms with Crippen LogP contribution in [-0.4, -0.2) is 56.6 Å². The first kappa shape index (κ1) is 19.9. The third-order valence-corrected chi connectivity index (χ3v) is 5.17. The van der Waals surface area contributed by atoms with Gasteiger partial charge in [0.1, 0.15) is 0 Å². The number of nitriles is 1. The molecule has 0 radical (unpaired) electrons. The van der Waals surface area contributed by atoms with E-state index in [-0.39, 0.29) is 5.91 Å². The Labute approximate surface area is 165 Å². The van der Waals surface area contributed by atoms with Gasteiger partial charge in [0.15, 0.2) is 0 Å². The maximum Gasteiger partial charge on any atom is 0.254 e. The van der Waals surface area contributed by atoms with Gasteiger partial charge in [-0.1, -0.05) is 18.2 Å². The number of anilines is 1. The maximum atomic E-state index is 12.8. The predicted molar refractivity (Wildman–Crippen MR) is 107 cm³/mol. The zero-order valence-electron chi connectivity index (χ0n) is 15.6. The highest BCUT2D eigenvalue weighted by Crippen LogP contribution is 2.16. The highest BCUT2D eigenvalue weighted by molar-refractivity contribution is 7.92. The number of carbonyl (C=O) groups is 1. The van der Waals surface area contributed by atoms with Gasteiger partial charge in [-0.3, -0.25) is 14.4 Å². The molecule has 1 aliphatic heterocycles. The van der Waals surface area contributed by atoms with Gasteiger partial charge in [0.05, 0.1) is 17.9 Å². The fourth-order valence-electron chi connectivity index (χ4n) is 3.16. The molecule has 0 bridgehead atoms. The lowest BCUT2D eigenvalue weighted by molar-refractivity contribution is 0.0628. The quantitative estimate of drug-likeness (QED) is 0.830. The maximum absolute atomic E-state index is 12.8. The molecule has 3 rings (SSSR count). The monoisotopic (exact) mass is 398 g/mol. The Morgan fingerprint density at radius 1 is 1.11 bits per heavy atom. The van der Waals surface area contributed by atoms with Crippen molar-refractivity contribution in [3.05, 3.63) is 65.2 Å². The molecule has 146 valence electrons. The van der Waals surface area contributed by atoms with Gasteiger partial charge in [0.25, 0.3) is 5.91 Å². The van der Waals surface area contributed by atoms with Crippen molar-refractivity contribution >= 4 is 21.6 Å². The minimum absolute atomic E-state index is 0.102. The van der Waals surface area contributed by atoms with E-state index < -0.39 is 10.0 Å². The Morgan fingerprint density at radius 3 is 2.39 bits per heavy atom. The fraction of sp³-hybridized carbons (Fsp3) is 0.300. The molecule has 0 aromatic heterocycles. The van der Waals surface area contributed by atoms with Crippen molar-refractivity contribution in [3.8, 4) is 6.07 Å². The SMILES string of the molecule is CS(=O)(=O)Nc1cccc(C(=O)N2CCN(Cc3ccc(C#N)cc3)CC2)c1. The molecule has 7 nitrogen and oxygen atoms in total. The number of sulfonamides is 1. The summed E-state index contributed by atoms with van der Waals surface area (Å²) in [5.74, 6) is -0.102. The lowest BCUT2D eigenvalue weighted by Gasteiger charge is -2.34. The Balaban J connectivity index is 1.57. The number of piperazine rings is 1. The van der Waals surface area contributed by atoms with E-state index in [0.29, 0.717) is 29.9 Å². The molecule has 2 aromatic carbocycles. The van der Waals surface area contributed by atoms with E-state index in [1.54, 1.807) is 29.2 Å². The summed E-state index contributed by atoms with van der Waals surface area (Å²) >= 11 is 0. The van der Waals surface area contributed by atoms with Gasteiger partial charge in [0.2, 0.25) is 10.0 Å². The van der Waals surface area contributed by atoms with Crippen LogP contribution in [0.3, 0.4) is 0 Å². The Hall–Kier alpha value is -2.89. The molecule has 1 heterocycles. The molecule has 0 saturated carbocycles. The summed E-state index contributed by atoms with van der Waals surface area (Å²) in [4.78, 5) is 16.8. The number of benzene rings is 2. The predicted octanol–water partition coefficient (Wildman–Crippen LogP) is 1.89. The van der Waals surface area contributed by atoms with Crippen LogP contribution in [0.4, 0.5) is 5.69 Å². The number of rotatable bonds is 5. The summed E-state index contributed by atoms with van der Waals surface area (Å²) < 4.78 is 25.2.